The Morgan fingerprint density at radius 3 is 2.51 bits per heavy atom. The molecule has 3 aromatic carbocycles. The van der Waals surface area contributed by atoms with Crippen LogP contribution < -0.4 is 9.21 Å². The molecule has 1 amide bonds. The van der Waals surface area contributed by atoms with E-state index in [-0.39, 0.29) is 22.7 Å². The molecule has 0 saturated carbocycles. The van der Waals surface area contributed by atoms with E-state index in [9.17, 15) is 31.2 Å². The lowest BCUT2D eigenvalue weighted by molar-refractivity contribution is -0.137. The zero-order chi connectivity index (χ0) is 28.4. The third-order valence-electron chi connectivity index (χ3n) is 6.20. The number of hydrogen-bond donors (Lipinski definition) is 0. The van der Waals surface area contributed by atoms with E-state index in [0.717, 1.165) is 39.8 Å². The van der Waals surface area contributed by atoms with Crippen LogP contribution in [0.5, 0.6) is 0 Å². The first-order valence-electron chi connectivity index (χ1n) is 11.9. The Kier molecular flexibility index (Phi) is 7.82. The van der Waals surface area contributed by atoms with Gasteiger partial charge in [-0.2, -0.15) is 13.2 Å². The van der Waals surface area contributed by atoms with E-state index in [0.29, 0.717) is 13.0 Å². The number of esters is 1. The first kappa shape index (κ1) is 27.9. The molecular formula is C28H25F3N2O5S. The summed E-state index contributed by atoms with van der Waals surface area (Å²) < 4.78 is 72.8. The molecule has 0 aromatic heterocycles. The second-order valence-electron chi connectivity index (χ2n) is 8.82. The summed E-state index contributed by atoms with van der Waals surface area (Å²) >= 11 is 0. The smallest absolute Gasteiger partial charge is 0.416 e. The van der Waals surface area contributed by atoms with Crippen LogP contribution in [-0.2, 0) is 32.2 Å². The van der Waals surface area contributed by atoms with Crippen molar-refractivity contribution >= 4 is 33.3 Å². The van der Waals surface area contributed by atoms with E-state index in [2.05, 4.69) is 6.58 Å². The molecule has 0 saturated heterocycles. The first-order valence-corrected chi connectivity index (χ1v) is 13.4. The fourth-order valence-electron chi connectivity index (χ4n) is 4.27. The minimum absolute atomic E-state index is 0.139. The normalized spacial score (nSPS) is 13.9. The van der Waals surface area contributed by atoms with Crippen LogP contribution in [0.3, 0.4) is 0 Å². The maximum Gasteiger partial charge on any atom is 0.416 e. The van der Waals surface area contributed by atoms with Crippen molar-refractivity contribution in [2.45, 2.75) is 30.5 Å². The molecule has 1 heterocycles. The second kappa shape index (κ2) is 10.9. The SMILES string of the molecule is C=CCN(c1cccc(C(F)(F)F)c1)S(=O)(=O)c1cccc(C(=O)O[C@H](C)C(=O)N2CCc3ccccc32)c1. The summed E-state index contributed by atoms with van der Waals surface area (Å²) in [6, 6.07) is 16.2. The molecule has 1 aliphatic rings. The highest BCUT2D eigenvalue weighted by Crippen LogP contribution is 2.33. The van der Waals surface area contributed by atoms with Gasteiger partial charge in [0.2, 0.25) is 0 Å². The topological polar surface area (TPSA) is 84.0 Å². The predicted octanol–water partition coefficient (Wildman–Crippen LogP) is 5.22. The molecule has 1 aliphatic heterocycles. The number of carbonyl (C=O) groups is 2. The Hall–Kier alpha value is -4.12. The molecule has 0 bridgehead atoms. The molecule has 0 fully saturated rings. The van der Waals surface area contributed by atoms with Gasteiger partial charge in [-0.15, -0.1) is 6.58 Å². The van der Waals surface area contributed by atoms with E-state index in [4.69, 9.17) is 4.74 Å². The molecule has 3 aromatic rings. The van der Waals surface area contributed by atoms with Gasteiger partial charge in [0.25, 0.3) is 15.9 Å². The molecule has 0 radical (unpaired) electrons. The van der Waals surface area contributed by atoms with Crippen molar-refractivity contribution in [3.8, 4) is 0 Å². The van der Waals surface area contributed by atoms with Crippen LogP contribution in [0.1, 0.15) is 28.4 Å². The summed E-state index contributed by atoms with van der Waals surface area (Å²) in [6.07, 6.45) is -3.91. The summed E-state index contributed by atoms with van der Waals surface area (Å²) in [5, 5.41) is 0. The largest absolute Gasteiger partial charge is 0.449 e. The summed E-state index contributed by atoms with van der Waals surface area (Å²) in [6.45, 7) is 5.07. The number of benzene rings is 3. The average Bonchev–Trinajstić information content (AvgIpc) is 3.35. The highest BCUT2D eigenvalue weighted by atomic mass is 32.2. The van der Waals surface area contributed by atoms with Crippen molar-refractivity contribution in [2.75, 3.05) is 22.3 Å². The van der Waals surface area contributed by atoms with Crippen molar-refractivity contribution in [2.24, 2.45) is 0 Å². The molecule has 39 heavy (non-hydrogen) atoms. The van der Waals surface area contributed by atoms with Crippen LogP contribution in [0.25, 0.3) is 0 Å². The van der Waals surface area contributed by atoms with Crippen molar-refractivity contribution in [3.05, 3.63) is 102 Å². The van der Waals surface area contributed by atoms with E-state index in [1.165, 1.54) is 42.2 Å². The van der Waals surface area contributed by atoms with Crippen molar-refractivity contribution < 1.29 is 35.9 Å². The lowest BCUT2D eigenvalue weighted by Crippen LogP contribution is -2.39. The fraction of sp³-hybridized carbons (Fsp3) is 0.214. The summed E-state index contributed by atoms with van der Waals surface area (Å²) in [5.74, 6) is -1.34. The van der Waals surface area contributed by atoms with Gasteiger partial charge < -0.3 is 9.64 Å². The summed E-state index contributed by atoms with van der Waals surface area (Å²) in [7, 11) is -4.41. The Morgan fingerprint density at radius 2 is 1.79 bits per heavy atom. The molecule has 4 rings (SSSR count). The number of ether oxygens (including phenoxy) is 1. The maximum atomic E-state index is 13.5. The number of sulfonamides is 1. The number of hydrogen-bond acceptors (Lipinski definition) is 5. The number of anilines is 2. The van der Waals surface area contributed by atoms with Crippen molar-refractivity contribution in [3.63, 3.8) is 0 Å². The Labute approximate surface area is 224 Å². The first-order chi connectivity index (χ1) is 18.4. The highest BCUT2D eigenvalue weighted by Gasteiger charge is 2.33. The molecule has 204 valence electrons. The van der Waals surface area contributed by atoms with E-state index in [1.54, 1.807) is 0 Å². The summed E-state index contributed by atoms with van der Waals surface area (Å²) in [5.41, 5.74) is 0.381. The predicted molar refractivity (Wildman–Crippen MR) is 140 cm³/mol. The van der Waals surface area contributed by atoms with Crippen LogP contribution in [0.4, 0.5) is 24.5 Å². The quantitative estimate of drug-likeness (QED) is 0.280. The molecule has 0 N–H and O–H groups in total. The molecule has 7 nitrogen and oxygen atoms in total. The van der Waals surface area contributed by atoms with Gasteiger partial charge in [0.05, 0.1) is 28.3 Å². The van der Waals surface area contributed by atoms with Crippen molar-refractivity contribution in [1.82, 2.24) is 0 Å². The third kappa shape index (κ3) is 5.83. The number of amides is 1. The van der Waals surface area contributed by atoms with Gasteiger partial charge in [0, 0.05) is 12.2 Å². The lowest BCUT2D eigenvalue weighted by Gasteiger charge is -2.24. The van der Waals surface area contributed by atoms with Crippen LogP contribution in [0.2, 0.25) is 0 Å². The van der Waals surface area contributed by atoms with Gasteiger partial charge in [0.1, 0.15) is 0 Å². The molecule has 0 unspecified atom stereocenters. The van der Waals surface area contributed by atoms with Gasteiger partial charge in [-0.1, -0.05) is 36.4 Å². The average molecular weight is 559 g/mol. The minimum atomic E-state index is -4.67. The van der Waals surface area contributed by atoms with Crippen LogP contribution in [0.15, 0.2) is 90.3 Å². The Balaban J connectivity index is 1.56. The molecule has 0 spiro atoms. The molecule has 1 atom stereocenters. The molecular weight excluding hydrogens is 533 g/mol. The number of nitrogens with zero attached hydrogens (tertiary/aromatic N) is 2. The van der Waals surface area contributed by atoms with Crippen LogP contribution in [0, 0.1) is 0 Å². The zero-order valence-corrected chi connectivity index (χ0v) is 21.7. The van der Waals surface area contributed by atoms with Gasteiger partial charge in [-0.3, -0.25) is 9.10 Å². The monoisotopic (exact) mass is 558 g/mol. The third-order valence-corrected chi connectivity index (χ3v) is 7.99. The molecule has 11 heteroatoms. The standard InChI is InChI=1S/C28H25F3N2O5S/c1-3-15-33(23-11-7-10-22(18-23)28(29,30)31)39(36,37)24-12-6-9-21(17-24)27(35)38-19(2)26(34)32-16-14-20-8-4-5-13-25(20)32/h3-13,17-19H,1,14-16H2,2H3/t19-/m1/s1. The number of carbonyl (C=O) groups excluding carboxylic acids is 2. The number of para-hydroxylation sites is 1. The second-order valence-corrected chi connectivity index (χ2v) is 10.7. The Morgan fingerprint density at radius 1 is 1.08 bits per heavy atom. The Bertz CT molecular complexity index is 1520. The van der Waals surface area contributed by atoms with E-state index < -0.39 is 39.7 Å². The fourth-order valence-corrected chi connectivity index (χ4v) is 5.75. The van der Waals surface area contributed by atoms with Crippen LogP contribution >= 0.6 is 0 Å². The van der Waals surface area contributed by atoms with E-state index >= 15 is 0 Å². The number of alkyl halides is 3. The van der Waals surface area contributed by atoms with Gasteiger partial charge >= 0.3 is 12.1 Å². The van der Waals surface area contributed by atoms with Gasteiger partial charge in [0.15, 0.2) is 6.10 Å². The van der Waals surface area contributed by atoms with Crippen LogP contribution in [-0.4, -0.2) is 39.5 Å². The zero-order valence-electron chi connectivity index (χ0n) is 20.9. The number of halogens is 3. The number of rotatable bonds is 8. The highest BCUT2D eigenvalue weighted by molar-refractivity contribution is 7.92. The molecule has 0 aliphatic carbocycles. The lowest BCUT2D eigenvalue weighted by atomic mass is 10.2. The minimum Gasteiger partial charge on any atom is -0.449 e. The van der Waals surface area contributed by atoms with Crippen molar-refractivity contribution in [1.29, 1.82) is 0 Å². The summed E-state index contributed by atoms with van der Waals surface area (Å²) in [4.78, 5) is 27.0. The van der Waals surface area contributed by atoms with Gasteiger partial charge in [-0.05, 0) is 61.4 Å². The maximum absolute atomic E-state index is 13.5. The van der Waals surface area contributed by atoms with E-state index in [1.807, 2.05) is 24.3 Å². The van der Waals surface area contributed by atoms with Gasteiger partial charge in [-0.25, -0.2) is 13.2 Å². The number of fused-ring (bicyclic) bond motifs is 1.